The van der Waals surface area contributed by atoms with Gasteiger partial charge >= 0.3 is 0 Å². The summed E-state index contributed by atoms with van der Waals surface area (Å²) in [4.78, 5) is 1.83. The largest absolute Gasteiger partial charge is 0.489 e. The highest BCUT2D eigenvalue weighted by molar-refractivity contribution is 7.80. The molecule has 0 saturated carbocycles. The molecule has 4 nitrogen and oxygen atoms in total. The molecule has 1 heterocycles. The lowest BCUT2D eigenvalue weighted by Gasteiger charge is -2.20. The van der Waals surface area contributed by atoms with Crippen LogP contribution in [-0.2, 0) is 5.41 Å². The molecular weight excluding hydrogens is 258 g/mol. The SMILES string of the molecule is CN1C(=S)N=NC1COc1ccc(C(C)(C)C)cc1. The fourth-order valence-electron chi connectivity index (χ4n) is 1.76. The van der Waals surface area contributed by atoms with E-state index in [1.807, 2.05) is 24.1 Å². The maximum Gasteiger partial charge on any atom is 0.217 e. The second-order valence-electron chi connectivity index (χ2n) is 5.67. The van der Waals surface area contributed by atoms with Gasteiger partial charge in [0.15, 0.2) is 6.17 Å². The van der Waals surface area contributed by atoms with E-state index >= 15 is 0 Å². The van der Waals surface area contributed by atoms with E-state index in [1.54, 1.807) is 0 Å². The van der Waals surface area contributed by atoms with E-state index in [0.717, 1.165) is 5.75 Å². The Labute approximate surface area is 119 Å². The highest BCUT2D eigenvalue weighted by Gasteiger charge is 2.23. The molecule has 1 aliphatic heterocycles. The lowest BCUT2D eigenvalue weighted by Crippen LogP contribution is -2.33. The van der Waals surface area contributed by atoms with E-state index in [9.17, 15) is 0 Å². The van der Waals surface area contributed by atoms with Gasteiger partial charge in [-0.2, -0.15) is 5.11 Å². The molecule has 0 N–H and O–H groups in total. The second kappa shape index (κ2) is 5.25. The molecule has 0 bridgehead atoms. The van der Waals surface area contributed by atoms with Crippen LogP contribution in [0.1, 0.15) is 26.3 Å². The van der Waals surface area contributed by atoms with Crippen LogP contribution in [-0.4, -0.2) is 29.8 Å². The Morgan fingerprint density at radius 2 is 1.89 bits per heavy atom. The van der Waals surface area contributed by atoms with Gasteiger partial charge in [-0.1, -0.05) is 32.9 Å². The summed E-state index contributed by atoms with van der Waals surface area (Å²) in [5.74, 6) is 0.842. The fraction of sp³-hybridized carbons (Fsp3) is 0.500. The van der Waals surface area contributed by atoms with Gasteiger partial charge in [0.05, 0.1) is 0 Å². The first-order valence-corrected chi connectivity index (χ1v) is 6.70. The van der Waals surface area contributed by atoms with E-state index in [0.29, 0.717) is 11.7 Å². The zero-order chi connectivity index (χ0) is 14.0. The van der Waals surface area contributed by atoms with Gasteiger partial charge in [-0.05, 0) is 35.3 Å². The van der Waals surface area contributed by atoms with Crippen LogP contribution in [0.5, 0.6) is 5.75 Å². The Kier molecular flexibility index (Phi) is 3.85. The Morgan fingerprint density at radius 1 is 1.26 bits per heavy atom. The second-order valence-corrected chi connectivity index (χ2v) is 6.04. The van der Waals surface area contributed by atoms with Crippen molar-refractivity contribution in [1.82, 2.24) is 4.90 Å². The van der Waals surface area contributed by atoms with Crippen molar-refractivity contribution in [2.24, 2.45) is 10.2 Å². The maximum absolute atomic E-state index is 5.72. The van der Waals surface area contributed by atoms with E-state index in [-0.39, 0.29) is 11.6 Å². The highest BCUT2D eigenvalue weighted by atomic mass is 32.1. The third kappa shape index (κ3) is 3.29. The lowest BCUT2D eigenvalue weighted by molar-refractivity contribution is 0.229. The zero-order valence-electron chi connectivity index (χ0n) is 11.8. The van der Waals surface area contributed by atoms with E-state index in [2.05, 4.69) is 43.1 Å². The topological polar surface area (TPSA) is 37.2 Å². The Balaban J connectivity index is 1.94. The Hall–Kier alpha value is -1.49. The van der Waals surface area contributed by atoms with Crippen LogP contribution in [0.3, 0.4) is 0 Å². The number of thiocarbonyl (C=S) groups is 1. The van der Waals surface area contributed by atoms with Crippen LogP contribution in [0, 0.1) is 0 Å². The van der Waals surface area contributed by atoms with Crippen molar-refractivity contribution in [2.45, 2.75) is 32.4 Å². The number of likely N-dealkylation sites (N-methyl/N-ethyl adjacent to an activating group) is 1. The molecule has 1 aromatic carbocycles. The average Bonchev–Trinajstić information content (AvgIpc) is 2.67. The first-order valence-electron chi connectivity index (χ1n) is 6.29. The standard InChI is InChI=1S/C14H19N3OS/c1-14(2,3)10-5-7-11(8-6-10)18-9-12-15-16-13(19)17(12)4/h5-8,12H,9H2,1-4H3. The van der Waals surface area contributed by atoms with Gasteiger partial charge in [-0.15, -0.1) is 5.11 Å². The number of hydrogen-bond donors (Lipinski definition) is 0. The third-order valence-corrected chi connectivity index (χ3v) is 3.51. The molecule has 1 aliphatic rings. The van der Waals surface area contributed by atoms with Crippen LogP contribution in [0.15, 0.2) is 34.5 Å². The molecule has 5 heteroatoms. The molecule has 0 aliphatic carbocycles. The fourth-order valence-corrected chi connectivity index (χ4v) is 1.93. The Bertz CT molecular complexity index is 490. The monoisotopic (exact) mass is 277 g/mol. The van der Waals surface area contributed by atoms with Crippen molar-refractivity contribution in [3.8, 4) is 5.75 Å². The van der Waals surface area contributed by atoms with Crippen molar-refractivity contribution in [1.29, 1.82) is 0 Å². The van der Waals surface area contributed by atoms with Gasteiger partial charge in [0.1, 0.15) is 12.4 Å². The van der Waals surface area contributed by atoms with E-state index in [1.165, 1.54) is 5.56 Å². The van der Waals surface area contributed by atoms with Gasteiger partial charge in [0.2, 0.25) is 5.11 Å². The van der Waals surface area contributed by atoms with Crippen LogP contribution < -0.4 is 4.74 Å². The summed E-state index contributed by atoms with van der Waals surface area (Å²) in [5, 5.41) is 8.42. The number of nitrogens with zero attached hydrogens (tertiary/aromatic N) is 3. The highest BCUT2D eigenvalue weighted by Crippen LogP contribution is 2.24. The first-order chi connectivity index (χ1) is 8.88. The first kappa shape index (κ1) is 13.9. The number of hydrogen-bond acceptors (Lipinski definition) is 3. The normalized spacial score (nSPS) is 19.1. The Morgan fingerprint density at radius 3 is 2.37 bits per heavy atom. The molecule has 1 aromatic rings. The summed E-state index contributed by atoms with van der Waals surface area (Å²) in [6.45, 7) is 7.03. The maximum atomic E-state index is 5.72. The van der Waals surface area contributed by atoms with Gasteiger partial charge in [-0.25, -0.2) is 0 Å². The molecule has 2 rings (SSSR count). The summed E-state index contributed by atoms with van der Waals surface area (Å²) >= 11 is 5.02. The van der Waals surface area contributed by atoms with Gasteiger partial charge in [-0.3, -0.25) is 0 Å². The van der Waals surface area contributed by atoms with Crippen molar-refractivity contribution in [2.75, 3.05) is 13.7 Å². The molecule has 102 valence electrons. The number of azo groups is 1. The molecule has 0 saturated heterocycles. The van der Waals surface area contributed by atoms with Gasteiger partial charge < -0.3 is 9.64 Å². The van der Waals surface area contributed by atoms with Crippen LogP contribution >= 0.6 is 12.2 Å². The summed E-state index contributed by atoms with van der Waals surface area (Å²) in [6, 6.07) is 8.18. The van der Waals surface area contributed by atoms with Crippen LogP contribution in [0.25, 0.3) is 0 Å². The molecule has 0 radical (unpaired) electrons. The van der Waals surface area contributed by atoms with Crippen LogP contribution in [0.4, 0.5) is 0 Å². The van der Waals surface area contributed by atoms with Gasteiger partial charge in [0, 0.05) is 7.05 Å². The molecular formula is C14H19N3OS. The summed E-state index contributed by atoms with van der Waals surface area (Å²) in [7, 11) is 1.87. The molecule has 1 unspecified atom stereocenters. The quantitative estimate of drug-likeness (QED) is 0.795. The van der Waals surface area contributed by atoms with Gasteiger partial charge in [0.25, 0.3) is 0 Å². The molecule has 1 atom stereocenters. The minimum absolute atomic E-state index is 0.116. The summed E-state index contributed by atoms with van der Waals surface area (Å²) < 4.78 is 5.72. The molecule has 0 aromatic heterocycles. The summed E-state index contributed by atoms with van der Waals surface area (Å²) in [5.41, 5.74) is 1.45. The number of ether oxygens (including phenoxy) is 1. The average molecular weight is 277 g/mol. The lowest BCUT2D eigenvalue weighted by atomic mass is 9.87. The number of rotatable bonds is 3. The molecule has 0 amide bonds. The summed E-state index contributed by atoms with van der Waals surface area (Å²) in [6.07, 6.45) is -0.116. The number of benzene rings is 1. The predicted molar refractivity (Wildman–Crippen MR) is 79.6 cm³/mol. The van der Waals surface area contributed by atoms with E-state index in [4.69, 9.17) is 17.0 Å². The minimum Gasteiger partial charge on any atom is -0.489 e. The predicted octanol–water partition coefficient (Wildman–Crippen LogP) is 3.37. The molecule has 0 fully saturated rings. The smallest absolute Gasteiger partial charge is 0.217 e. The zero-order valence-corrected chi connectivity index (χ0v) is 12.6. The van der Waals surface area contributed by atoms with Crippen molar-refractivity contribution in [3.05, 3.63) is 29.8 Å². The van der Waals surface area contributed by atoms with E-state index < -0.39 is 0 Å². The minimum atomic E-state index is -0.116. The molecule has 0 spiro atoms. The van der Waals surface area contributed by atoms with Crippen LogP contribution in [0.2, 0.25) is 0 Å². The molecule has 19 heavy (non-hydrogen) atoms. The van der Waals surface area contributed by atoms with Crippen molar-refractivity contribution < 1.29 is 4.74 Å². The van der Waals surface area contributed by atoms with Crippen molar-refractivity contribution in [3.63, 3.8) is 0 Å². The third-order valence-electron chi connectivity index (χ3n) is 3.14. The van der Waals surface area contributed by atoms with Crippen molar-refractivity contribution >= 4 is 17.3 Å².